The molecule has 33 heavy (non-hydrogen) atoms. The Morgan fingerprint density at radius 2 is 1.88 bits per heavy atom. The van der Waals surface area contributed by atoms with E-state index in [1.54, 1.807) is 24.3 Å². The third kappa shape index (κ3) is 4.90. The summed E-state index contributed by atoms with van der Waals surface area (Å²) in [5.74, 6) is -1.43. The highest BCUT2D eigenvalue weighted by Gasteiger charge is 2.22. The second-order valence-corrected chi connectivity index (χ2v) is 7.74. The first kappa shape index (κ1) is 22.5. The molecule has 1 heterocycles. The molecule has 0 spiro atoms. The number of amides is 1. The van der Waals surface area contributed by atoms with Gasteiger partial charge in [0.05, 0.1) is 18.2 Å². The Labute approximate surface area is 189 Å². The molecule has 5 nitrogen and oxygen atoms in total. The van der Waals surface area contributed by atoms with Crippen molar-refractivity contribution in [3.8, 4) is 16.9 Å². The number of hydrogen-bond acceptors (Lipinski definition) is 4. The van der Waals surface area contributed by atoms with Gasteiger partial charge in [0, 0.05) is 12.1 Å². The number of aryl methyl sites for hydroxylation is 1. The monoisotopic (exact) mass is 453 g/mol. The van der Waals surface area contributed by atoms with E-state index in [2.05, 4.69) is 15.0 Å². The summed E-state index contributed by atoms with van der Waals surface area (Å²) in [4.78, 5) is 16.9. The van der Waals surface area contributed by atoms with Gasteiger partial charge in [0.25, 0.3) is 5.91 Å². The second-order valence-electron chi connectivity index (χ2n) is 7.74. The number of carbonyl (C=O) groups excluding carboxylic acids is 1. The minimum Gasteiger partial charge on any atom is -0.434 e. The molecule has 1 unspecified atom stereocenters. The molecule has 0 aliphatic carbocycles. The summed E-state index contributed by atoms with van der Waals surface area (Å²) in [7, 11) is 0. The quantitative estimate of drug-likeness (QED) is 0.533. The van der Waals surface area contributed by atoms with Gasteiger partial charge in [-0.2, -0.15) is 13.2 Å². The van der Waals surface area contributed by atoms with Crippen molar-refractivity contribution < 1.29 is 22.7 Å². The molecular weight excluding hydrogens is 431 g/mol. The smallest absolute Gasteiger partial charge is 0.387 e. The van der Waals surface area contributed by atoms with E-state index in [1.165, 1.54) is 12.1 Å². The van der Waals surface area contributed by atoms with Gasteiger partial charge < -0.3 is 15.8 Å². The van der Waals surface area contributed by atoms with Gasteiger partial charge >= 0.3 is 6.61 Å². The molecular formula is C25H22F3N3O2. The van der Waals surface area contributed by atoms with Crippen LogP contribution in [0.25, 0.3) is 11.1 Å². The number of hydrogen-bond donors (Lipinski definition) is 2. The molecule has 0 fully saturated rings. The van der Waals surface area contributed by atoms with E-state index in [-0.39, 0.29) is 24.4 Å². The van der Waals surface area contributed by atoms with Crippen LogP contribution in [0.1, 0.15) is 38.7 Å². The van der Waals surface area contributed by atoms with Gasteiger partial charge in [0.2, 0.25) is 5.97 Å². The van der Waals surface area contributed by atoms with E-state index in [1.807, 2.05) is 31.2 Å². The number of benzene rings is 3. The fourth-order valence-corrected chi connectivity index (χ4v) is 3.81. The summed E-state index contributed by atoms with van der Waals surface area (Å²) in [6.45, 7) is -0.796. The first-order valence-electron chi connectivity index (χ1n) is 10.4. The zero-order valence-electron chi connectivity index (χ0n) is 17.8. The van der Waals surface area contributed by atoms with Crippen molar-refractivity contribution in [2.24, 2.45) is 10.7 Å². The zero-order chi connectivity index (χ0) is 23.5. The molecule has 0 saturated carbocycles. The number of nitrogens with one attached hydrogen (secondary N) is 1. The SMILES string of the molecule is Cc1cccc(C(CN)NC(=O)c2cc(-c3ccc4c(c3)C(F)=NC4)ccc2OC(F)F)c1. The summed E-state index contributed by atoms with van der Waals surface area (Å²) in [5, 5.41) is 2.80. The van der Waals surface area contributed by atoms with Gasteiger partial charge in [-0.1, -0.05) is 48.0 Å². The zero-order valence-corrected chi connectivity index (χ0v) is 17.8. The highest BCUT2D eigenvalue weighted by Crippen LogP contribution is 2.31. The lowest BCUT2D eigenvalue weighted by Gasteiger charge is -2.19. The van der Waals surface area contributed by atoms with Gasteiger partial charge in [0.1, 0.15) is 5.75 Å². The van der Waals surface area contributed by atoms with E-state index in [0.29, 0.717) is 16.7 Å². The number of aliphatic imine (C=N–C) groups is 1. The predicted molar refractivity (Wildman–Crippen MR) is 120 cm³/mol. The number of nitrogens with two attached hydrogens (primary N) is 1. The number of rotatable bonds is 7. The second kappa shape index (κ2) is 9.46. The van der Waals surface area contributed by atoms with Crippen molar-refractivity contribution in [1.29, 1.82) is 0 Å². The molecule has 4 rings (SSSR count). The predicted octanol–water partition coefficient (Wildman–Crippen LogP) is 4.92. The van der Waals surface area contributed by atoms with Crippen LogP contribution >= 0.6 is 0 Å². The fourth-order valence-electron chi connectivity index (χ4n) is 3.81. The molecule has 8 heteroatoms. The molecule has 0 aromatic heterocycles. The molecule has 1 atom stereocenters. The van der Waals surface area contributed by atoms with Crippen molar-refractivity contribution >= 4 is 11.9 Å². The maximum Gasteiger partial charge on any atom is 0.387 e. The number of carbonyl (C=O) groups is 1. The van der Waals surface area contributed by atoms with Crippen molar-refractivity contribution in [2.75, 3.05) is 6.54 Å². The lowest BCUT2D eigenvalue weighted by atomic mass is 9.98. The van der Waals surface area contributed by atoms with E-state index < -0.39 is 24.5 Å². The minimum atomic E-state index is -3.10. The summed E-state index contributed by atoms with van der Waals surface area (Å²) >= 11 is 0. The summed E-state index contributed by atoms with van der Waals surface area (Å²) in [6, 6.07) is 16.4. The Morgan fingerprint density at radius 1 is 1.12 bits per heavy atom. The van der Waals surface area contributed by atoms with Crippen LogP contribution in [0.4, 0.5) is 13.2 Å². The Bertz CT molecular complexity index is 1230. The first-order chi connectivity index (χ1) is 15.9. The molecule has 0 radical (unpaired) electrons. The molecule has 1 amide bonds. The average molecular weight is 453 g/mol. The molecule has 0 bridgehead atoms. The fraction of sp³-hybridized carbons (Fsp3) is 0.200. The largest absolute Gasteiger partial charge is 0.434 e. The lowest BCUT2D eigenvalue weighted by Crippen LogP contribution is -2.33. The van der Waals surface area contributed by atoms with Crippen LogP contribution in [-0.2, 0) is 6.54 Å². The number of nitrogens with zero attached hydrogens (tertiary/aromatic N) is 1. The van der Waals surface area contributed by atoms with Crippen molar-refractivity contribution in [3.63, 3.8) is 0 Å². The number of halogens is 3. The van der Waals surface area contributed by atoms with Crippen LogP contribution in [0.3, 0.4) is 0 Å². The van der Waals surface area contributed by atoms with Crippen molar-refractivity contribution in [2.45, 2.75) is 26.1 Å². The number of alkyl halides is 2. The maximum atomic E-state index is 14.0. The standard InChI is InChI=1S/C25H22F3N3O2/c1-14-3-2-4-17(9-14)21(12-29)31-24(32)20-11-16(7-8-22(20)33-25(27)28)15-5-6-18-13-30-23(26)19(18)10-15/h2-11,21,25H,12-13,29H2,1H3,(H,31,32). The Morgan fingerprint density at radius 3 is 2.61 bits per heavy atom. The van der Waals surface area contributed by atoms with Gasteiger partial charge in [-0.3, -0.25) is 9.79 Å². The lowest BCUT2D eigenvalue weighted by molar-refractivity contribution is -0.0501. The summed E-state index contributed by atoms with van der Waals surface area (Å²) in [6.07, 6.45) is 0. The van der Waals surface area contributed by atoms with E-state index in [4.69, 9.17) is 5.73 Å². The minimum absolute atomic E-state index is 0.0754. The molecule has 1 aliphatic heterocycles. The average Bonchev–Trinajstić information content (AvgIpc) is 3.17. The van der Waals surface area contributed by atoms with Crippen molar-refractivity contribution in [3.05, 3.63) is 88.5 Å². The van der Waals surface area contributed by atoms with Crippen LogP contribution < -0.4 is 15.8 Å². The third-order valence-electron chi connectivity index (χ3n) is 5.48. The van der Waals surface area contributed by atoms with Crippen molar-refractivity contribution in [1.82, 2.24) is 5.32 Å². The van der Waals surface area contributed by atoms with Crippen LogP contribution in [0, 0.1) is 6.92 Å². The Kier molecular flexibility index (Phi) is 6.46. The first-order valence-corrected chi connectivity index (χ1v) is 10.4. The van der Waals surface area contributed by atoms with Gasteiger partial charge in [-0.15, -0.1) is 0 Å². The normalized spacial score (nSPS) is 13.5. The van der Waals surface area contributed by atoms with E-state index in [9.17, 15) is 18.0 Å². The highest BCUT2D eigenvalue weighted by molar-refractivity contribution is 6.00. The van der Waals surface area contributed by atoms with Crippen LogP contribution in [-0.4, -0.2) is 25.0 Å². The molecule has 3 aromatic carbocycles. The molecule has 3 aromatic rings. The third-order valence-corrected chi connectivity index (χ3v) is 5.48. The van der Waals surface area contributed by atoms with Gasteiger partial charge in [0.15, 0.2) is 0 Å². The molecule has 1 aliphatic rings. The van der Waals surface area contributed by atoms with E-state index in [0.717, 1.165) is 16.7 Å². The summed E-state index contributed by atoms with van der Waals surface area (Å²) in [5.41, 5.74) is 9.90. The maximum absolute atomic E-state index is 14.0. The molecule has 0 saturated heterocycles. The molecule has 3 N–H and O–H groups in total. The number of ether oxygens (including phenoxy) is 1. The molecule has 170 valence electrons. The Hall–Kier alpha value is -3.65. The van der Waals surface area contributed by atoms with Crippen LogP contribution in [0.15, 0.2) is 65.7 Å². The Balaban J connectivity index is 1.69. The van der Waals surface area contributed by atoms with Gasteiger partial charge in [-0.25, -0.2) is 0 Å². The highest BCUT2D eigenvalue weighted by atomic mass is 19.3. The summed E-state index contributed by atoms with van der Waals surface area (Å²) < 4.78 is 44.5. The number of fused-ring (bicyclic) bond motifs is 1. The van der Waals surface area contributed by atoms with Crippen LogP contribution in [0.5, 0.6) is 5.75 Å². The van der Waals surface area contributed by atoms with E-state index >= 15 is 0 Å². The topological polar surface area (TPSA) is 76.7 Å². The van der Waals surface area contributed by atoms with Crippen LogP contribution in [0.2, 0.25) is 0 Å². The van der Waals surface area contributed by atoms with Gasteiger partial charge in [-0.05, 0) is 47.4 Å².